The van der Waals surface area contributed by atoms with Crippen molar-refractivity contribution < 1.29 is 9.47 Å². The number of aryl methyl sites for hydroxylation is 1. The van der Waals surface area contributed by atoms with Crippen molar-refractivity contribution in [3.05, 3.63) is 34.7 Å². The summed E-state index contributed by atoms with van der Waals surface area (Å²) in [6, 6.07) is 3.81. The van der Waals surface area contributed by atoms with Crippen LogP contribution in [-0.2, 0) is 9.47 Å². The van der Waals surface area contributed by atoms with Gasteiger partial charge >= 0.3 is 0 Å². The number of hydrogen-bond donors (Lipinski definition) is 1. The van der Waals surface area contributed by atoms with E-state index < -0.39 is 0 Å². The van der Waals surface area contributed by atoms with Crippen molar-refractivity contribution in [3.8, 4) is 0 Å². The molecular weight excluding hydrogens is 376 g/mol. The van der Waals surface area contributed by atoms with Gasteiger partial charge in [-0.2, -0.15) is 0 Å². The minimum Gasteiger partial charge on any atom is -0.494 e. The Hall–Kier alpha value is -2.05. The zero-order valence-corrected chi connectivity index (χ0v) is 17.7. The van der Waals surface area contributed by atoms with Gasteiger partial charge in [0.25, 0.3) is 0 Å². The van der Waals surface area contributed by atoms with E-state index in [9.17, 15) is 0 Å². The number of nitrogens with one attached hydrogen (secondary N) is 1. The van der Waals surface area contributed by atoms with Crippen molar-refractivity contribution >= 4 is 34.2 Å². The zero-order valence-electron chi connectivity index (χ0n) is 16.9. The third-order valence-corrected chi connectivity index (χ3v) is 5.32. The second-order valence-electron chi connectivity index (χ2n) is 6.87. The van der Waals surface area contributed by atoms with E-state index in [0.29, 0.717) is 35.5 Å². The number of unbranched alkanes of at least 4 members (excludes halogenated alkanes) is 1. The predicted molar refractivity (Wildman–Crippen MR) is 115 cm³/mol. The standard InChI is InChI=1S/C21H29ClN4O2/c1-4-26(5-2)9-7-6-8-23-21-20(19-14-27-10-11-28-19)24-18-13-16(22)15(3)12-17(18)25-21/h12-14H,4-11H2,1-3H3,(H,23,25). The number of rotatable bonds is 9. The molecule has 0 aliphatic carbocycles. The van der Waals surface area contributed by atoms with Crippen molar-refractivity contribution in [2.45, 2.75) is 33.6 Å². The van der Waals surface area contributed by atoms with Gasteiger partial charge in [0, 0.05) is 11.6 Å². The molecule has 0 saturated carbocycles. The first-order valence-electron chi connectivity index (χ1n) is 10.0. The fraction of sp³-hybridized carbons (Fsp3) is 0.524. The Kier molecular flexibility index (Phi) is 7.34. The molecule has 2 heterocycles. The molecule has 1 aliphatic rings. The van der Waals surface area contributed by atoms with Gasteiger partial charge in [0.05, 0.1) is 11.0 Å². The minimum absolute atomic E-state index is 0.503. The molecule has 0 fully saturated rings. The number of benzene rings is 1. The van der Waals surface area contributed by atoms with Crippen LogP contribution in [0.3, 0.4) is 0 Å². The van der Waals surface area contributed by atoms with Gasteiger partial charge < -0.3 is 19.7 Å². The summed E-state index contributed by atoms with van der Waals surface area (Å²) in [5, 5.41) is 4.13. The minimum atomic E-state index is 0.503. The molecule has 1 aromatic carbocycles. The number of nitrogens with zero attached hydrogens (tertiary/aromatic N) is 3. The lowest BCUT2D eigenvalue weighted by Crippen LogP contribution is -2.24. The highest BCUT2D eigenvalue weighted by molar-refractivity contribution is 6.32. The van der Waals surface area contributed by atoms with E-state index in [1.54, 1.807) is 6.26 Å². The van der Waals surface area contributed by atoms with E-state index in [-0.39, 0.29) is 0 Å². The molecule has 0 bridgehead atoms. The molecule has 6 nitrogen and oxygen atoms in total. The molecule has 1 N–H and O–H groups in total. The van der Waals surface area contributed by atoms with Crippen LogP contribution >= 0.6 is 11.6 Å². The number of aromatic nitrogens is 2. The van der Waals surface area contributed by atoms with E-state index in [2.05, 4.69) is 24.1 Å². The lowest BCUT2D eigenvalue weighted by Gasteiger charge is -2.19. The summed E-state index contributed by atoms with van der Waals surface area (Å²) in [5.74, 6) is 1.32. The van der Waals surface area contributed by atoms with E-state index in [4.69, 9.17) is 31.0 Å². The molecule has 0 radical (unpaired) electrons. The Morgan fingerprint density at radius 3 is 2.61 bits per heavy atom. The van der Waals surface area contributed by atoms with Gasteiger partial charge in [-0.05, 0) is 57.1 Å². The van der Waals surface area contributed by atoms with Crippen LogP contribution in [-0.4, -0.2) is 54.3 Å². The molecule has 152 valence electrons. The smallest absolute Gasteiger partial charge is 0.183 e. The molecule has 28 heavy (non-hydrogen) atoms. The maximum absolute atomic E-state index is 6.28. The summed E-state index contributed by atoms with van der Waals surface area (Å²) in [6.45, 7) is 11.6. The maximum atomic E-state index is 6.28. The SMILES string of the molecule is CCN(CC)CCCCNc1nc2cc(C)c(Cl)cc2nc1C1=COCCO1. The van der Waals surface area contributed by atoms with Crippen LogP contribution in [0.4, 0.5) is 5.82 Å². The molecule has 2 aromatic rings. The molecule has 0 atom stereocenters. The van der Waals surface area contributed by atoms with Gasteiger partial charge in [-0.1, -0.05) is 25.4 Å². The lowest BCUT2D eigenvalue weighted by atomic mass is 10.2. The van der Waals surface area contributed by atoms with E-state index in [0.717, 1.165) is 55.6 Å². The topological polar surface area (TPSA) is 59.5 Å². The number of halogens is 1. The van der Waals surface area contributed by atoms with Crippen molar-refractivity contribution in [1.29, 1.82) is 0 Å². The molecule has 0 spiro atoms. The van der Waals surface area contributed by atoms with E-state index in [1.165, 1.54) is 0 Å². The van der Waals surface area contributed by atoms with Gasteiger partial charge in [0.1, 0.15) is 19.5 Å². The highest BCUT2D eigenvalue weighted by atomic mass is 35.5. The molecule has 0 amide bonds. The second-order valence-corrected chi connectivity index (χ2v) is 7.28. The first kappa shape index (κ1) is 20.7. The molecule has 1 aromatic heterocycles. The molecule has 3 rings (SSSR count). The largest absolute Gasteiger partial charge is 0.494 e. The van der Waals surface area contributed by atoms with Gasteiger partial charge in [-0.25, -0.2) is 9.97 Å². The summed E-state index contributed by atoms with van der Waals surface area (Å²) in [6.07, 6.45) is 3.81. The van der Waals surface area contributed by atoms with Crippen molar-refractivity contribution in [3.63, 3.8) is 0 Å². The summed E-state index contributed by atoms with van der Waals surface area (Å²) in [7, 11) is 0. The maximum Gasteiger partial charge on any atom is 0.183 e. The predicted octanol–water partition coefficient (Wildman–Crippen LogP) is 4.47. The van der Waals surface area contributed by atoms with Gasteiger partial charge in [-0.3, -0.25) is 0 Å². The summed E-state index contributed by atoms with van der Waals surface area (Å²) in [4.78, 5) is 12.0. The number of ether oxygens (including phenoxy) is 2. The van der Waals surface area contributed by atoms with Crippen LogP contribution < -0.4 is 5.32 Å². The second kappa shape index (κ2) is 9.94. The van der Waals surface area contributed by atoms with Crippen molar-refractivity contribution in [1.82, 2.24) is 14.9 Å². The van der Waals surface area contributed by atoms with Crippen LogP contribution in [0.2, 0.25) is 5.02 Å². The molecule has 1 aliphatic heterocycles. The van der Waals surface area contributed by atoms with Crippen LogP contribution in [0, 0.1) is 6.92 Å². The molecule has 7 heteroatoms. The van der Waals surface area contributed by atoms with E-state index >= 15 is 0 Å². The Morgan fingerprint density at radius 2 is 1.89 bits per heavy atom. The van der Waals surface area contributed by atoms with Crippen molar-refractivity contribution in [2.75, 3.05) is 44.7 Å². The quantitative estimate of drug-likeness (QED) is 0.622. The van der Waals surface area contributed by atoms with Gasteiger partial charge in [0.15, 0.2) is 17.3 Å². The Labute approximate surface area is 171 Å². The molecule has 0 unspecified atom stereocenters. The first-order valence-corrected chi connectivity index (χ1v) is 10.4. The average molecular weight is 405 g/mol. The molecule has 0 saturated heterocycles. The van der Waals surface area contributed by atoms with Crippen LogP contribution in [0.1, 0.15) is 37.9 Å². The van der Waals surface area contributed by atoms with Crippen LogP contribution in [0.15, 0.2) is 18.4 Å². The summed E-state index contributed by atoms with van der Waals surface area (Å²) >= 11 is 6.28. The van der Waals surface area contributed by atoms with Gasteiger partial charge in [-0.15, -0.1) is 0 Å². The Morgan fingerprint density at radius 1 is 1.11 bits per heavy atom. The number of hydrogen-bond acceptors (Lipinski definition) is 6. The fourth-order valence-corrected chi connectivity index (χ4v) is 3.33. The normalized spacial score (nSPS) is 14.0. The monoisotopic (exact) mass is 404 g/mol. The number of fused-ring (bicyclic) bond motifs is 1. The summed E-state index contributed by atoms with van der Waals surface area (Å²) in [5.41, 5.74) is 3.20. The van der Waals surface area contributed by atoms with Crippen LogP contribution in [0.25, 0.3) is 16.8 Å². The van der Waals surface area contributed by atoms with E-state index in [1.807, 2.05) is 19.1 Å². The Bertz CT molecular complexity index is 837. The molecular formula is C21H29ClN4O2. The highest BCUT2D eigenvalue weighted by Gasteiger charge is 2.18. The Balaban J connectivity index is 1.78. The first-order chi connectivity index (χ1) is 13.6. The fourth-order valence-electron chi connectivity index (χ4n) is 3.18. The third kappa shape index (κ3) is 5.06. The lowest BCUT2D eigenvalue weighted by molar-refractivity contribution is 0.125. The van der Waals surface area contributed by atoms with Crippen molar-refractivity contribution in [2.24, 2.45) is 0 Å². The third-order valence-electron chi connectivity index (χ3n) is 4.92. The summed E-state index contributed by atoms with van der Waals surface area (Å²) < 4.78 is 11.2. The average Bonchev–Trinajstić information content (AvgIpc) is 2.72. The van der Waals surface area contributed by atoms with Crippen LogP contribution in [0.5, 0.6) is 0 Å². The highest BCUT2D eigenvalue weighted by Crippen LogP contribution is 2.28. The van der Waals surface area contributed by atoms with Gasteiger partial charge in [0.2, 0.25) is 0 Å². The zero-order chi connectivity index (χ0) is 19.9. The number of anilines is 1.